The Balaban J connectivity index is 1.72. The van der Waals surface area contributed by atoms with Crippen molar-refractivity contribution in [1.29, 1.82) is 0 Å². The molecule has 0 saturated carbocycles. The monoisotopic (exact) mass is 405 g/mol. The molecule has 152 valence electrons. The number of oxazole rings is 1. The molecule has 6 aromatic rings. The zero-order valence-electron chi connectivity index (χ0n) is 17.9. The number of para-hydroxylation sites is 2. The van der Waals surface area contributed by atoms with E-state index < -0.39 is 0 Å². The van der Waals surface area contributed by atoms with E-state index in [0.29, 0.717) is 5.89 Å². The van der Waals surface area contributed by atoms with Crippen LogP contribution < -0.4 is 0 Å². The van der Waals surface area contributed by atoms with Crippen molar-refractivity contribution in [2.75, 3.05) is 0 Å². The van der Waals surface area contributed by atoms with Gasteiger partial charge in [0.1, 0.15) is 16.7 Å². The first-order chi connectivity index (χ1) is 15.0. The minimum absolute atomic E-state index is 0.211. The summed E-state index contributed by atoms with van der Waals surface area (Å²) in [6.07, 6.45) is 1.00. The molecule has 0 aliphatic heterocycles. The van der Waals surface area contributed by atoms with E-state index in [2.05, 4.69) is 63.2 Å². The molecule has 0 unspecified atom stereocenters. The number of fused-ring (bicyclic) bond motifs is 6. The second-order valence-electron chi connectivity index (χ2n) is 9.51. The van der Waals surface area contributed by atoms with Crippen LogP contribution in [0.4, 0.5) is 0 Å². The molecule has 0 bridgehead atoms. The molecule has 6 rings (SSSR count). The summed E-state index contributed by atoms with van der Waals surface area (Å²) in [6, 6.07) is 24.9. The van der Waals surface area contributed by atoms with Crippen LogP contribution in [-0.2, 0) is 6.42 Å². The quantitative estimate of drug-likeness (QED) is 0.292. The van der Waals surface area contributed by atoms with Crippen molar-refractivity contribution in [1.82, 2.24) is 4.98 Å². The van der Waals surface area contributed by atoms with Gasteiger partial charge in [-0.15, -0.1) is 0 Å². The fourth-order valence-corrected chi connectivity index (χ4v) is 4.54. The number of aromatic nitrogens is 1. The molecule has 0 aliphatic carbocycles. The van der Waals surface area contributed by atoms with Crippen molar-refractivity contribution in [2.24, 2.45) is 5.41 Å². The van der Waals surface area contributed by atoms with Crippen molar-refractivity contribution in [2.45, 2.75) is 27.2 Å². The van der Waals surface area contributed by atoms with E-state index in [-0.39, 0.29) is 5.41 Å². The lowest BCUT2D eigenvalue weighted by Gasteiger charge is -2.17. The Hall–Kier alpha value is -3.59. The molecule has 0 amide bonds. The predicted molar refractivity (Wildman–Crippen MR) is 127 cm³/mol. The van der Waals surface area contributed by atoms with E-state index in [1.165, 1.54) is 5.56 Å². The van der Waals surface area contributed by atoms with Crippen LogP contribution in [0.25, 0.3) is 55.3 Å². The van der Waals surface area contributed by atoms with Crippen LogP contribution in [0.2, 0.25) is 0 Å². The molecule has 0 aliphatic rings. The van der Waals surface area contributed by atoms with E-state index in [9.17, 15) is 0 Å². The maximum absolute atomic E-state index is 6.42. The van der Waals surface area contributed by atoms with Crippen LogP contribution in [0.3, 0.4) is 0 Å². The van der Waals surface area contributed by atoms with Gasteiger partial charge in [-0.05, 0) is 53.1 Å². The molecule has 0 fully saturated rings. The Kier molecular flexibility index (Phi) is 3.79. The lowest BCUT2D eigenvalue weighted by atomic mass is 9.87. The molecule has 4 aromatic carbocycles. The molecule has 31 heavy (non-hydrogen) atoms. The van der Waals surface area contributed by atoms with Gasteiger partial charge in [-0.2, -0.15) is 0 Å². The Labute approximate surface area is 180 Å². The topological polar surface area (TPSA) is 39.2 Å². The van der Waals surface area contributed by atoms with Gasteiger partial charge in [-0.25, -0.2) is 4.98 Å². The molecule has 0 spiro atoms. The highest BCUT2D eigenvalue weighted by Crippen LogP contribution is 2.42. The first-order valence-electron chi connectivity index (χ1n) is 10.7. The standard InChI is InChI=1S/C28H23NO2/c1-28(2,3)16-17-12-13-23-20(14-17)25-21(27-29-22-10-6-7-11-24(22)31-27)15-18-8-4-5-9-19(18)26(25)30-23/h4-15H,16H2,1-3H3. The van der Waals surface area contributed by atoms with Crippen molar-refractivity contribution < 1.29 is 8.83 Å². The van der Waals surface area contributed by atoms with E-state index in [4.69, 9.17) is 13.8 Å². The Morgan fingerprint density at radius 1 is 0.774 bits per heavy atom. The third-order valence-electron chi connectivity index (χ3n) is 5.79. The van der Waals surface area contributed by atoms with Gasteiger partial charge in [0.05, 0.1) is 0 Å². The van der Waals surface area contributed by atoms with E-state index in [0.717, 1.165) is 55.8 Å². The third kappa shape index (κ3) is 3.00. The van der Waals surface area contributed by atoms with Crippen LogP contribution in [-0.4, -0.2) is 4.98 Å². The first kappa shape index (κ1) is 18.2. The molecule has 0 N–H and O–H groups in total. The van der Waals surface area contributed by atoms with E-state index in [1.807, 2.05) is 30.3 Å². The highest BCUT2D eigenvalue weighted by Gasteiger charge is 2.20. The van der Waals surface area contributed by atoms with E-state index in [1.54, 1.807) is 0 Å². The molecule has 0 saturated heterocycles. The van der Waals surface area contributed by atoms with Crippen LogP contribution in [0, 0.1) is 5.41 Å². The second-order valence-corrected chi connectivity index (χ2v) is 9.51. The van der Waals surface area contributed by atoms with Gasteiger partial charge in [0, 0.05) is 21.7 Å². The van der Waals surface area contributed by atoms with Gasteiger partial charge in [0.2, 0.25) is 5.89 Å². The highest BCUT2D eigenvalue weighted by atomic mass is 16.3. The van der Waals surface area contributed by atoms with E-state index >= 15 is 0 Å². The molecule has 3 heteroatoms. The largest absolute Gasteiger partial charge is 0.455 e. The predicted octanol–water partition coefficient (Wildman–Crippen LogP) is 8.14. The summed E-state index contributed by atoms with van der Waals surface area (Å²) in [4.78, 5) is 4.80. The maximum atomic E-state index is 6.42. The Bertz CT molecular complexity index is 1560. The molecule has 3 nitrogen and oxygen atoms in total. The molecule has 0 atom stereocenters. The average molecular weight is 405 g/mol. The van der Waals surface area contributed by atoms with Gasteiger partial charge in [0.15, 0.2) is 5.58 Å². The molecular weight excluding hydrogens is 382 g/mol. The van der Waals surface area contributed by atoms with Gasteiger partial charge in [-0.3, -0.25) is 0 Å². The maximum Gasteiger partial charge on any atom is 0.228 e. The first-order valence-corrected chi connectivity index (χ1v) is 10.7. The second kappa shape index (κ2) is 6.45. The summed E-state index contributed by atoms with van der Waals surface area (Å²) >= 11 is 0. The van der Waals surface area contributed by atoms with Crippen LogP contribution in [0.1, 0.15) is 26.3 Å². The number of furan rings is 1. The smallest absolute Gasteiger partial charge is 0.228 e. The minimum Gasteiger partial charge on any atom is -0.455 e. The SMILES string of the molecule is CC(C)(C)Cc1ccc2oc3c4ccccc4cc(-c4nc5ccccc5o4)c3c2c1. The Morgan fingerprint density at radius 3 is 2.42 bits per heavy atom. The van der Waals surface area contributed by atoms with Crippen molar-refractivity contribution in [3.63, 3.8) is 0 Å². The van der Waals surface area contributed by atoms with Gasteiger partial charge in [-0.1, -0.05) is 63.2 Å². The van der Waals surface area contributed by atoms with Crippen LogP contribution in [0.5, 0.6) is 0 Å². The number of nitrogens with zero attached hydrogens (tertiary/aromatic N) is 1. The normalized spacial score (nSPS) is 12.5. The lowest BCUT2D eigenvalue weighted by Crippen LogP contribution is -2.08. The zero-order chi connectivity index (χ0) is 21.2. The molecule has 0 radical (unpaired) electrons. The Morgan fingerprint density at radius 2 is 1.58 bits per heavy atom. The molecule has 2 aromatic heterocycles. The summed E-state index contributed by atoms with van der Waals surface area (Å²) in [5, 5.41) is 4.39. The zero-order valence-corrected chi connectivity index (χ0v) is 17.9. The summed E-state index contributed by atoms with van der Waals surface area (Å²) in [7, 11) is 0. The molecular formula is C28H23NO2. The average Bonchev–Trinajstić information content (AvgIpc) is 3.33. The van der Waals surface area contributed by atoms with Crippen LogP contribution in [0.15, 0.2) is 81.6 Å². The molecule has 2 heterocycles. The summed E-state index contributed by atoms with van der Waals surface area (Å²) in [5.74, 6) is 0.626. The van der Waals surface area contributed by atoms with Crippen molar-refractivity contribution >= 4 is 43.8 Å². The number of rotatable bonds is 2. The van der Waals surface area contributed by atoms with Crippen LogP contribution >= 0.6 is 0 Å². The summed E-state index contributed by atoms with van der Waals surface area (Å²) < 4.78 is 12.6. The van der Waals surface area contributed by atoms with Crippen molar-refractivity contribution in [3.05, 3.63) is 78.4 Å². The summed E-state index contributed by atoms with van der Waals surface area (Å²) in [5.41, 5.74) is 5.92. The summed E-state index contributed by atoms with van der Waals surface area (Å²) in [6.45, 7) is 6.80. The third-order valence-corrected chi connectivity index (χ3v) is 5.79. The van der Waals surface area contributed by atoms with Gasteiger partial charge in [0.25, 0.3) is 0 Å². The number of hydrogen-bond acceptors (Lipinski definition) is 3. The number of hydrogen-bond donors (Lipinski definition) is 0. The van der Waals surface area contributed by atoms with Gasteiger partial charge >= 0.3 is 0 Å². The lowest BCUT2D eigenvalue weighted by molar-refractivity contribution is 0.411. The highest BCUT2D eigenvalue weighted by molar-refractivity contribution is 6.20. The number of benzene rings is 4. The van der Waals surface area contributed by atoms with Crippen molar-refractivity contribution in [3.8, 4) is 11.5 Å². The fraction of sp³-hybridized carbons (Fsp3) is 0.179. The minimum atomic E-state index is 0.211. The fourth-order valence-electron chi connectivity index (χ4n) is 4.54. The van der Waals surface area contributed by atoms with Gasteiger partial charge < -0.3 is 8.83 Å².